The van der Waals surface area contributed by atoms with Crippen LogP contribution in [0.2, 0.25) is 0 Å². The smallest absolute Gasteiger partial charge is 0.468 e. The standard InChI is InChI=1S/C10H10F3NO4S/c1-18-9(15)6-14-7-4-2-3-5-8(7)19(16,17)10(11,12)13/h2-5,14H,6H2,1H3. The van der Waals surface area contributed by atoms with Crippen molar-refractivity contribution in [2.45, 2.75) is 10.4 Å². The Balaban J connectivity index is 3.14. The number of sulfone groups is 1. The molecule has 0 atom stereocenters. The van der Waals surface area contributed by atoms with E-state index in [1.165, 1.54) is 6.07 Å². The number of benzene rings is 1. The van der Waals surface area contributed by atoms with Crippen molar-refractivity contribution in [3.63, 3.8) is 0 Å². The minimum absolute atomic E-state index is 0.315. The van der Waals surface area contributed by atoms with Gasteiger partial charge < -0.3 is 10.1 Å². The molecule has 0 unspecified atom stereocenters. The van der Waals surface area contributed by atoms with Crippen molar-refractivity contribution in [3.8, 4) is 0 Å². The Morgan fingerprint density at radius 2 is 1.89 bits per heavy atom. The van der Waals surface area contributed by atoms with Crippen LogP contribution in [0.25, 0.3) is 0 Å². The van der Waals surface area contributed by atoms with Gasteiger partial charge >= 0.3 is 11.5 Å². The minimum Gasteiger partial charge on any atom is -0.468 e. The largest absolute Gasteiger partial charge is 0.501 e. The summed E-state index contributed by atoms with van der Waals surface area (Å²) in [5.74, 6) is -0.737. The molecule has 1 N–H and O–H groups in total. The third-order valence-electron chi connectivity index (χ3n) is 2.13. The van der Waals surface area contributed by atoms with Gasteiger partial charge in [0.15, 0.2) is 0 Å². The molecule has 0 aliphatic carbocycles. The maximum atomic E-state index is 12.5. The molecule has 1 aromatic rings. The highest BCUT2D eigenvalue weighted by atomic mass is 32.2. The summed E-state index contributed by atoms with van der Waals surface area (Å²) in [4.78, 5) is 9.95. The number of methoxy groups -OCH3 is 1. The molecule has 0 radical (unpaired) electrons. The lowest BCUT2D eigenvalue weighted by atomic mass is 10.3. The first-order valence-electron chi connectivity index (χ1n) is 4.91. The maximum absolute atomic E-state index is 12.5. The maximum Gasteiger partial charge on any atom is 0.501 e. The van der Waals surface area contributed by atoms with E-state index in [-0.39, 0.29) is 5.69 Å². The lowest BCUT2D eigenvalue weighted by Gasteiger charge is -2.13. The first-order chi connectivity index (χ1) is 8.70. The van der Waals surface area contributed by atoms with E-state index in [1.54, 1.807) is 0 Å². The lowest BCUT2D eigenvalue weighted by molar-refractivity contribution is -0.138. The summed E-state index contributed by atoms with van der Waals surface area (Å²) < 4.78 is 64.3. The number of hydrogen-bond donors (Lipinski definition) is 1. The van der Waals surface area contributed by atoms with Gasteiger partial charge in [0.25, 0.3) is 9.84 Å². The van der Waals surface area contributed by atoms with Crippen LogP contribution in [-0.2, 0) is 19.4 Å². The molecule has 0 heterocycles. The second kappa shape index (κ2) is 5.47. The number of alkyl halides is 3. The SMILES string of the molecule is COC(=O)CNc1ccccc1S(=O)(=O)C(F)(F)F. The second-order valence-corrected chi connectivity index (χ2v) is 5.28. The van der Waals surface area contributed by atoms with Gasteiger partial charge in [0.05, 0.1) is 17.7 Å². The normalized spacial score (nSPS) is 12.0. The van der Waals surface area contributed by atoms with E-state index in [0.717, 1.165) is 25.3 Å². The quantitative estimate of drug-likeness (QED) is 0.854. The molecule has 0 saturated carbocycles. The third kappa shape index (κ3) is 3.37. The van der Waals surface area contributed by atoms with Crippen LogP contribution in [0.1, 0.15) is 0 Å². The van der Waals surface area contributed by atoms with Crippen molar-refractivity contribution >= 4 is 21.5 Å². The molecule has 0 aliphatic rings. The molecule has 1 aromatic carbocycles. The van der Waals surface area contributed by atoms with Crippen LogP contribution in [-0.4, -0.2) is 33.5 Å². The monoisotopic (exact) mass is 297 g/mol. The molecule has 0 fully saturated rings. The minimum atomic E-state index is -5.48. The van der Waals surface area contributed by atoms with Gasteiger partial charge in [-0.15, -0.1) is 0 Å². The van der Waals surface area contributed by atoms with E-state index in [4.69, 9.17) is 0 Å². The van der Waals surface area contributed by atoms with Gasteiger partial charge in [-0.1, -0.05) is 12.1 Å². The van der Waals surface area contributed by atoms with E-state index >= 15 is 0 Å². The predicted molar refractivity (Wildman–Crippen MR) is 60.2 cm³/mol. The molecule has 0 bridgehead atoms. The molecule has 0 aliphatic heterocycles. The molecule has 0 amide bonds. The van der Waals surface area contributed by atoms with E-state index in [0.29, 0.717) is 0 Å². The lowest BCUT2D eigenvalue weighted by Crippen LogP contribution is -2.25. The molecule has 1 rings (SSSR count). The summed E-state index contributed by atoms with van der Waals surface area (Å²) in [5, 5.41) is 2.29. The Bertz CT molecular complexity index is 568. The van der Waals surface area contributed by atoms with Crippen LogP contribution in [0.5, 0.6) is 0 Å². The summed E-state index contributed by atoms with van der Waals surface area (Å²) >= 11 is 0. The zero-order valence-corrected chi connectivity index (χ0v) is 10.5. The molecule has 5 nitrogen and oxygen atoms in total. The van der Waals surface area contributed by atoms with Crippen molar-refractivity contribution < 1.29 is 31.1 Å². The van der Waals surface area contributed by atoms with Crippen LogP contribution in [0, 0.1) is 0 Å². The number of ether oxygens (including phenoxy) is 1. The number of carbonyl (C=O) groups is 1. The third-order valence-corrected chi connectivity index (χ3v) is 3.68. The fraction of sp³-hybridized carbons (Fsp3) is 0.300. The average Bonchev–Trinajstić information content (AvgIpc) is 2.34. The van der Waals surface area contributed by atoms with Gasteiger partial charge in [0, 0.05) is 0 Å². The first kappa shape index (κ1) is 15.3. The number of para-hydroxylation sites is 1. The summed E-state index contributed by atoms with van der Waals surface area (Å²) in [6.45, 7) is -0.444. The average molecular weight is 297 g/mol. The second-order valence-electron chi connectivity index (χ2n) is 3.38. The Kier molecular flexibility index (Phi) is 4.40. The van der Waals surface area contributed by atoms with Gasteiger partial charge in [0.1, 0.15) is 6.54 Å². The molecule has 19 heavy (non-hydrogen) atoms. The van der Waals surface area contributed by atoms with Gasteiger partial charge in [0.2, 0.25) is 0 Å². The number of halogens is 3. The molecular formula is C10H10F3NO4S. The zero-order valence-electron chi connectivity index (χ0n) is 9.69. The Labute approximate surface area is 107 Å². The van der Waals surface area contributed by atoms with E-state index in [9.17, 15) is 26.4 Å². The molecular weight excluding hydrogens is 287 g/mol. The van der Waals surface area contributed by atoms with Crippen LogP contribution < -0.4 is 5.32 Å². The fourth-order valence-corrected chi connectivity index (χ4v) is 2.15. The van der Waals surface area contributed by atoms with Crippen LogP contribution in [0.3, 0.4) is 0 Å². The highest BCUT2D eigenvalue weighted by molar-refractivity contribution is 7.92. The highest BCUT2D eigenvalue weighted by Gasteiger charge is 2.47. The zero-order chi connectivity index (χ0) is 14.7. The Morgan fingerprint density at radius 1 is 1.32 bits per heavy atom. The molecule has 106 valence electrons. The van der Waals surface area contributed by atoms with Crippen molar-refractivity contribution in [2.75, 3.05) is 19.0 Å². The summed E-state index contributed by atoms with van der Waals surface area (Å²) in [6, 6.07) is 4.43. The number of nitrogens with one attached hydrogen (secondary N) is 1. The van der Waals surface area contributed by atoms with Crippen molar-refractivity contribution in [3.05, 3.63) is 24.3 Å². The van der Waals surface area contributed by atoms with Crippen LogP contribution in [0.15, 0.2) is 29.2 Å². The molecule has 0 aromatic heterocycles. The Morgan fingerprint density at radius 3 is 2.42 bits per heavy atom. The van der Waals surface area contributed by atoms with Crippen LogP contribution in [0.4, 0.5) is 18.9 Å². The van der Waals surface area contributed by atoms with Gasteiger partial charge in [-0.2, -0.15) is 13.2 Å². The summed E-state index contributed by atoms with van der Waals surface area (Å²) in [6.07, 6.45) is 0. The first-order valence-corrected chi connectivity index (χ1v) is 6.39. The molecule has 0 saturated heterocycles. The topological polar surface area (TPSA) is 72.5 Å². The van der Waals surface area contributed by atoms with E-state index in [1.807, 2.05) is 0 Å². The number of rotatable bonds is 4. The number of hydrogen-bond acceptors (Lipinski definition) is 5. The number of esters is 1. The van der Waals surface area contributed by atoms with E-state index in [2.05, 4.69) is 10.1 Å². The van der Waals surface area contributed by atoms with Crippen molar-refractivity contribution in [1.29, 1.82) is 0 Å². The fourth-order valence-electron chi connectivity index (χ4n) is 1.21. The highest BCUT2D eigenvalue weighted by Crippen LogP contribution is 2.34. The summed E-state index contributed by atoms with van der Waals surface area (Å²) in [5.41, 5.74) is -5.72. The number of carbonyl (C=O) groups excluding carboxylic acids is 1. The summed E-state index contributed by atoms with van der Waals surface area (Å²) in [7, 11) is -4.38. The van der Waals surface area contributed by atoms with Crippen molar-refractivity contribution in [2.24, 2.45) is 0 Å². The number of anilines is 1. The van der Waals surface area contributed by atoms with Crippen LogP contribution >= 0.6 is 0 Å². The molecule has 9 heteroatoms. The van der Waals surface area contributed by atoms with Gasteiger partial charge in [-0.25, -0.2) is 8.42 Å². The van der Waals surface area contributed by atoms with Gasteiger partial charge in [-0.05, 0) is 12.1 Å². The Hall–Kier alpha value is -1.77. The van der Waals surface area contributed by atoms with Gasteiger partial charge in [-0.3, -0.25) is 4.79 Å². The van der Waals surface area contributed by atoms with Crippen molar-refractivity contribution in [1.82, 2.24) is 0 Å². The van der Waals surface area contributed by atoms with E-state index < -0.39 is 32.8 Å². The predicted octanol–water partition coefficient (Wildman–Crippen LogP) is 1.57. The molecule has 0 spiro atoms.